The smallest absolute Gasteiger partial charge is 0.259 e. The Morgan fingerprint density at radius 1 is 1.12 bits per heavy atom. The normalized spacial score (nSPS) is 19.6. The number of aromatic nitrogens is 1. The van der Waals surface area contributed by atoms with Crippen molar-refractivity contribution in [2.45, 2.75) is 50.5 Å². The lowest BCUT2D eigenvalue weighted by Gasteiger charge is -2.53. The van der Waals surface area contributed by atoms with Crippen LogP contribution in [0.3, 0.4) is 0 Å². The molecule has 2 amide bonds. The number of fused-ring (bicyclic) bond motifs is 1. The Balaban J connectivity index is 1.70. The molecule has 5 rings (SSSR count). The Kier molecular flexibility index (Phi) is 5.29. The lowest BCUT2D eigenvalue weighted by Crippen LogP contribution is -2.62. The summed E-state index contributed by atoms with van der Waals surface area (Å²) in [5, 5.41) is 5.40. The Labute approximate surface area is 190 Å². The van der Waals surface area contributed by atoms with E-state index in [0.717, 1.165) is 25.0 Å². The van der Waals surface area contributed by atoms with Gasteiger partial charge in [-0.3, -0.25) is 14.5 Å². The van der Waals surface area contributed by atoms with Crippen LogP contribution in [0.15, 0.2) is 53.9 Å². The predicted octanol–water partition coefficient (Wildman–Crippen LogP) is 5.68. The van der Waals surface area contributed by atoms with Gasteiger partial charge in [0, 0.05) is 10.9 Å². The predicted molar refractivity (Wildman–Crippen MR) is 124 cm³/mol. The van der Waals surface area contributed by atoms with Gasteiger partial charge < -0.3 is 5.32 Å². The summed E-state index contributed by atoms with van der Waals surface area (Å²) in [5.41, 5.74) is 1.39. The first-order chi connectivity index (χ1) is 15.5. The van der Waals surface area contributed by atoms with Crippen LogP contribution in [-0.4, -0.2) is 22.3 Å². The van der Waals surface area contributed by atoms with Crippen molar-refractivity contribution in [1.29, 1.82) is 0 Å². The zero-order valence-electron chi connectivity index (χ0n) is 17.8. The topological polar surface area (TPSA) is 62.3 Å². The molecule has 0 bridgehead atoms. The second-order valence-electron chi connectivity index (χ2n) is 8.56. The zero-order chi connectivity index (χ0) is 22.3. The minimum atomic E-state index is -0.831. The van der Waals surface area contributed by atoms with Crippen molar-refractivity contribution in [3.8, 4) is 0 Å². The van der Waals surface area contributed by atoms with Crippen molar-refractivity contribution < 1.29 is 14.0 Å². The molecular formula is C25H24FN3O2S. The number of hydrogen-bond donors (Lipinski definition) is 1. The van der Waals surface area contributed by atoms with Crippen LogP contribution in [0.25, 0.3) is 0 Å². The van der Waals surface area contributed by atoms with Crippen molar-refractivity contribution in [3.05, 3.63) is 76.5 Å². The van der Waals surface area contributed by atoms with Gasteiger partial charge in [-0.05, 0) is 43.5 Å². The number of benzene rings is 2. The standard InChI is InChI=1S/C25H24FN3O2S/c1-16-15-32-24(27-16)28-22(30)21-17-9-3-4-10-18(17)23(31)29(20-12-6-5-11-19(20)26)25(21)13-7-2-8-14-25/h3-6,9-12,15,21H,2,7-8,13-14H2,1H3,(H,27,28,30). The number of halogens is 1. The number of hydrogen-bond acceptors (Lipinski definition) is 4. The summed E-state index contributed by atoms with van der Waals surface area (Å²) >= 11 is 1.37. The molecular weight excluding hydrogens is 425 g/mol. The molecule has 0 radical (unpaired) electrons. The Hall–Kier alpha value is -3.06. The van der Waals surface area contributed by atoms with Gasteiger partial charge in [-0.1, -0.05) is 49.6 Å². The molecule has 1 aliphatic heterocycles. The van der Waals surface area contributed by atoms with E-state index in [1.807, 2.05) is 24.4 Å². The van der Waals surface area contributed by atoms with Gasteiger partial charge in [0.25, 0.3) is 5.91 Å². The Morgan fingerprint density at radius 3 is 2.56 bits per heavy atom. The fourth-order valence-corrected chi connectivity index (χ4v) is 6.01. The van der Waals surface area contributed by atoms with E-state index in [-0.39, 0.29) is 17.5 Å². The van der Waals surface area contributed by atoms with Crippen molar-refractivity contribution in [1.82, 2.24) is 4.98 Å². The van der Waals surface area contributed by atoms with Crippen LogP contribution in [0.1, 0.15) is 59.6 Å². The zero-order valence-corrected chi connectivity index (χ0v) is 18.6. The molecule has 1 spiro atoms. The molecule has 5 nitrogen and oxygen atoms in total. The maximum atomic E-state index is 15.0. The Bertz CT molecular complexity index is 1190. The number of para-hydroxylation sites is 1. The van der Waals surface area contributed by atoms with E-state index in [0.29, 0.717) is 29.1 Å². The lowest BCUT2D eigenvalue weighted by molar-refractivity contribution is -0.119. The highest BCUT2D eigenvalue weighted by Crippen LogP contribution is 2.51. The summed E-state index contributed by atoms with van der Waals surface area (Å²) in [4.78, 5) is 33.6. The number of amides is 2. The van der Waals surface area contributed by atoms with Gasteiger partial charge in [-0.2, -0.15) is 0 Å². The molecule has 1 unspecified atom stereocenters. The largest absolute Gasteiger partial charge is 0.301 e. The molecule has 1 saturated carbocycles. The fourth-order valence-electron chi connectivity index (χ4n) is 5.32. The third-order valence-corrected chi connectivity index (χ3v) is 7.49. The van der Waals surface area contributed by atoms with Gasteiger partial charge in [0.15, 0.2) is 5.13 Å². The summed E-state index contributed by atoms with van der Waals surface area (Å²) in [6.07, 6.45) is 4.05. The van der Waals surface area contributed by atoms with Gasteiger partial charge in [0.2, 0.25) is 5.91 Å². The number of aryl methyl sites for hydroxylation is 1. The van der Waals surface area contributed by atoms with Crippen LogP contribution in [0.2, 0.25) is 0 Å². The van der Waals surface area contributed by atoms with Gasteiger partial charge in [0.05, 0.1) is 22.8 Å². The van der Waals surface area contributed by atoms with E-state index in [4.69, 9.17) is 0 Å². The average molecular weight is 450 g/mol. The molecule has 3 aromatic rings. The minimum absolute atomic E-state index is 0.206. The van der Waals surface area contributed by atoms with E-state index in [9.17, 15) is 9.59 Å². The van der Waals surface area contributed by atoms with E-state index in [2.05, 4.69) is 10.3 Å². The molecule has 2 heterocycles. The van der Waals surface area contributed by atoms with Gasteiger partial charge in [-0.15, -0.1) is 11.3 Å². The first kappa shape index (κ1) is 20.8. The van der Waals surface area contributed by atoms with Crippen LogP contribution < -0.4 is 10.2 Å². The molecule has 1 aromatic heterocycles. The number of nitrogens with one attached hydrogen (secondary N) is 1. The number of carbonyl (C=O) groups is 2. The molecule has 1 fully saturated rings. The van der Waals surface area contributed by atoms with Crippen molar-refractivity contribution in [2.75, 3.05) is 10.2 Å². The van der Waals surface area contributed by atoms with E-state index < -0.39 is 17.3 Å². The summed E-state index contributed by atoms with van der Waals surface area (Å²) in [5.74, 6) is -1.54. The molecule has 1 atom stereocenters. The SMILES string of the molecule is Cc1csc(NC(=O)C2c3ccccc3C(=O)N(c3ccccc3F)C23CCCCC3)n1. The average Bonchev–Trinajstić information content (AvgIpc) is 3.20. The van der Waals surface area contributed by atoms with Crippen LogP contribution in [0, 0.1) is 12.7 Å². The number of anilines is 2. The highest BCUT2D eigenvalue weighted by Gasteiger charge is 2.55. The number of carbonyl (C=O) groups excluding carboxylic acids is 2. The first-order valence-corrected chi connectivity index (χ1v) is 11.8. The molecule has 1 N–H and O–H groups in total. The van der Waals surface area contributed by atoms with Crippen LogP contribution in [0.5, 0.6) is 0 Å². The molecule has 2 aromatic carbocycles. The van der Waals surface area contributed by atoms with Gasteiger partial charge in [0.1, 0.15) is 5.82 Å². The van der Waals surface area contributed by atoms with Crippen LogP contribution in [0.4, 0.5) is 15.2 Å². The third kappa shape index (κ3) is 3.32. The molecule has 1 aliphatic carbocycles. The number of rotatable bonds is 3. The van der Waals surface area contributed by atoms with Crippen LogP contribution >= 0.6 is 11.3 Å². The van der Waals surface area contributed by atoms with Crippen molar-refractivity contribution >= 4 is 34.0 Å². The third-order valence-electron chi connectivity index (χ3n) is 6.61. The second-order valence-corrected chi connectivity index (χ2v) is 9.42. The highest BCUT2D eigenvalue weighted by atomic mass is 32.1. The van der Waals surface area contributed by atoms with Gasteiger partial charge in [-0.25, -0.2) is 9.37 Å². The summed E-state index contributed by atoms with van der Waals surface area (Å²) in [7, 11) is 0. The summed E-state index contributed by atoms with van der Waals surface area (Å²) in [6.45, 7) is 1.88. The van der Waals surface area contributed by atoms with E-state index in [1.54, 1.807) is 35.2 Å². The second kappa shape index (κ2) is 8.13. The number of nitrogens with zero attached hydrogens (tertiary/aromatic N) is 2. The minimum Gasteiger partial charge on any atom is -0.301 e. The molecule has 2 aliphatic rings. The molecule has 164 valence electrons. The first-order valence-electron chi connectivity index (χ1n) is 10.9. The monoisotopic (exact) mass is 449 g/mol. The fraction of sp³-hybridized carbons (Fsp3) is 0.320. The van der Waals surface area contributed by atoms with Crippen LogP contribution in [-0.2, 0) is 4.79 Å². The summed E-state index contributed by atoms with van der Waals surface area (Å²) in [6, 6.07) is 13.6. The molecule has 32 heavy (non-hydrogen) atoms. The molecule has 0 saturated heterocycles. The summed E-state index contributed by atoms with van der Waals surface area (Å²) < 4.78 is 15.0. The number of thiazole rings is 1. The molecule has 7 heteroatoms. The van der Waals surface area contributed by atoms with Crippen molar-refractivity contribution in [3.63, 3.8) is 0 Å². The Morgan fingerprint density at radius 2 is 1.84 bits per heavy atom. The van der Waals surface area contributed by atoms with Gasteiger partial charge >= 0.3 is 0 Å². The van der Waals surface area contributed by atoms with Crippen molar-refractivity contribution in [2.24, 2.45) is 0 Å². The quantitative estimate of drug-likeness (QED) is 0.560. The van der Waals surface area contributed by atoms with E-state index in [1.165, 1.54) is 17.4 Å². The maximum Gasteiger partial charge on any atom is 0.259 e. The maximum absolute atomic E-state index is 15.0. The lowest BCUT2D eigenvalue weighted by atomic mass is 9.65. The highest BCUT2D eigenvalue weighted by molar-refractivity contribution is 7.13. The van der Waals surface area contributed by atoms with E-state index >= 15 is 4.39 Å².